The summed E-state index contributed by atoms with van der Waals surface area (Å²) in [4.78, 5) is 33.2. The molecule has 3 fully saturated rings. The van der Waals surface area contributed by atoms with E-state index in [9.17, 15) is 4.79 Å². The number of nitrogens with zero attached hydrogens (tertiary/aromatic N) is 6. The fourth-order valence-corrected chi connectivity index (χ4v) is 11.2. The minimum absolute atomic E-state index is 0.0399. The van der Waals surface area contributed by atoms with E-state index in [1.54, 1.807) is 29.3 Å². The average molecular weight is 921 g/mol. The topological polar surface area (TPSA) is 83.9 Å². The number of carbonyl (C=O) groups is 1. The molecule has 2 aromatic heterocycles. The second-order valence-electron chi connectivity index (χ2n) is 14.5. The molecule has 1 atom stereocenters. The molecule has 262 valence electrons. The molecule has 14 heteroatoms. The summed E-state index contributed by atoms with van der Waals surface area (Å²) in [7, 11) is 1.89. The number of likely N-dealkylation sites (N-methyl/N-ethyl adjacent to an activating group) is 1. The van der Waals surface area contributed by atoms with Crippen molar-refractivity contribution in [3.05, 3.63) is 53.7 Å². The number of ether oxygens (including phenoxy) is 2. The summed E-state index contributed by atoms with van der Waals surface area (Å²) in [5, 5.41) is 1.64. The summed E-state index contributed by atoms with van der Waals surface area (Å²) in [5.74, 6) is 2.36. The minimum Gasteiger partial charge on any atom is -0.444 e. The van der Waals surface area contributed by atoms with E-state index in [1.165, 1.54) is 6.07 Å². The first-order chi connectivity index (χ1) is 24.5. The van der Waals surface area contributed by atoms with Crippen LogP contribution in [-0.2, 0) is 16.5 Å². The molecule has 0 spiro atoms. The van der Waals surface area contributed by atoms with Crippen LogP contribution in [0.3, 0.4) is 0 Å². The molecule has 5 heterocycles. The first-order valence-electron chi connectivity index (χ1n) is 17.3. The fourth-order valence-electron chi connectivity index (χ4n) is 7.73. The van der Waals surface area contributed by atoms with Crippen molar-refractivity contribution >= 4 is 72.5 Å². The smallest absolute Gasteiger partial charge is 0.444 e. The van der Waals surface area contributed by atoms with Crippen LogP contribution in [0.2, 0.25) is 0 Å². The molecule has 1 amide bonds. The van der Waals surface area contributed by atoms with Gasteiger partial charge in [-0.05, 0) is 66.0 Å². The number of hydrogen-bond acceptors (Lipinski definition) is 9. The van der Waals surface area contributed by atoms with E-state index in [0.717, 1.165) is 48.2 Å². The third-order valence-electron chi connectivity index (χ3n) is 10.2. The van der Waals surface area contributed by atoms with Crippen molar-refractivity contribution in [3.63, 3.8) is 0 Å². The molecule has 0 aliphatic carbocycles. The van der Waals surface area contributed by atoms with Crippen molar-refractivity contribution in [3.8, 4) is 26.7 Å². The van der Waals surface area contributed by atoms with Gasteiger partial charge in [0.15, 0.2) is 0 Å². The van der Waals surface area contributed by atoms with Crippen LogP contribution in [0.15, 0.2) is 36.5 Å². The Balaban J connectivity index is 1.32. The maximum atomic E-state index is 17.1. The van der Waals surface area contributed by atoms with Crippen molar-refractivity contribution in [2.45, 2.75) is 70.1 Å². The Morgan fingerprint density at radius 2 is 1.94 bits per heavy atom. The van der Waals surface area contributed by atoms with Crippen LogP contribution < -0.4 is 9.64 Å². The standard InChI is InChI=1S/C37H39F2N6O3.PS.Tl/c1-6-25-28(38)13-12-23-10-7-11-26(29(23)25)31-30(39)32-27(20-40-31)33(43(5)24-14-19-44(21-24)35(46)48-36(2,3)4)42-34(41-32)47-22-37-15-8-17-45(37)18-9-16-37;1-2;/h7,10-13,20,24H,8-9,14-19,21-22H2,2-5H3;;/q;-1;+2/t24-;;/m1../s1. The normalized spacial score (nSPS) is 18.3. The van der Waals surface area contributed by atoms with E-state index in [4.69, 9.17) is 26.3 Å². The van der Waals surface area contributed by atoms with E-state index < -0.39 is 40.3 Å². The third kappa shape index (κ3) is 7.33. The molecule has 0 bridgehead atoms. The third-order valence-corrected chi connectivity index (χ3v) is 16.5. The predicted molar refractivity (Wildman–Crippen MR) is 200 cm³/mol. The average Bonchev–Trinajstić information content (AvgIpc) is 3.84. The molecular weight excluding hydrogens is 882 g/mol. The van der Waals surface area contributed by atoms with Crippen molar-refractivity contribution in [1.29, 1.82) is 0 Å². The molecule has 0 unspecified atom stereocenters. The van der Waals surface area contributed by atoms with Crippen LogP contribution in [0.4, 0.5) is 19.4 Å². The van der Waals surface area contributed by atoms with Crippen molar-refractivity contribution in [1.82, 2.24) is 24.8 Å². The van der Waals surface area contributed by atoms with E-state index in [0.29, 0.717) is 48.3 Å². The number of aromatic nitrogens is 3. The second kappa shape index (κ2) is 14.8. The van der Waals surface area contributed by atoms with Gasteiger partial charge in [0.05, 0.1) is 5.54 Å². The molecule has 3 saturated heterocycles. The zero-order chi connectivity index (χ0) is 35.9. The number of anilines is 1. The van der Waals surface area contributed by atoms with Crippen LogP contribution in [0, 0.1) is 21.0 Å². The Morgan fingerprint density at radius 1 is 1.16 bits per heavy atom. The number of carbonyl (C=O) groups excluding carboxylic acids is 1. The number of hydrogen-bond donors (Lipinski definition) is 0. The molecule has 0 radical (unpaired) electrons. The Labute approximate surface area is 313 Å². The monoisotopic (exact) mass is 921 g/mol. The zero-order valence-corrected chi connectivity index (χ0v) is 35.4. The Kier molecular flexibility index (Phi) is 10.6. The summed E-state index contributed by atoms with van der Waals surface area (Å²) in [5.41, 5.74) is 0.0698. The van der Waals surface area contributed by atoms with Crippen molar-refractivity contribution in [2.75, 3.05) is 44.7 Å². The summed E-state index contributed by atoms with van der Waals surface area (Å²) >= 11 is 3.59. The van der Waals surface area contributed by atoms with Gasteiger partial charge in [-0.3, -0.25) is 4.90 Å². The van der Waals surface area contributed by atoms with Crippen molar-refractivity contribution < 1.29 is 23.0 Å². The van der Waals surface area contributed by atoms with Crippen LogP contribution in [0.5, 0.6) is 6.01 Å². The van der Waals surface area contributed by atoms with Crippen LogP contribution >= 0.6 is 4.00 Å². The Morgan fingerprint density at radius 3 is 2.69 bits per heavy atom. The number of rotatable bonds is 6. The van der Waals surface area contributed by atoms with Gasteiger partial charge in [0.2, 0.25) is 0 Å². The molecule has 2 aromatic carbocycles. The van der Waals surface area contributed by atoms with Crippen LogP contribution in [0.1, 0.15) is 58.4 Å². The van der Waals surface area contributed by atoms with Crippen molar-refractivity contribution in [2.24, 2.45) is 0 Å². The number of fused-ring (bicyclic) bond motifs is 3. The quantitative estimate of drug-likeness (QED) is 0.117. The molecule has 0 saturated carbocycles. The van der Waals surface area contributed by atoms with Gasteiger partial charge in [-0.2, -0.15) is 0 Å². The Hall–Kier alpha value is -2.99. The summed E-state index contributed by atoms with van der Waals surface area (Å²) in [6.07, 6.45) is 6.19. The van der Waals surface area contributed by atoms with E-state index >= 15 is 8.78 Å². The maximum absolute atomic E-state index is 17.1. The van der Waals surface area contributed by atoms with Gasteiger partial charge < -0.3 is 9.64 Å². The fraction of sp³-hybridized carbons (Fsp3) is 0.459. The van der Waals surface area contributed by atoms with Gasteiger partial charge in [-0.25, -0.2) is 4.79 Å². The zero-order valence-electron chi connectivity index (χ0n) is 29.2. The number of halogens is 2. The van der Waals surface area contributed by atoms with Gasteiger partial charge in [-0.1, -0.05) is 0 Å². The van der Waals surface area contributed by atoms with Gasteiger partial charge in [0.1, 0.15) is 5.60 Å². The molecule has 7 rings (SSSR count). The minimum atomic E-state index is -1.51. The molecule has 9 nitrogen and oxygen atoms in total. The van der Waals surface area contributed by atoms with Crippen LogP contribution in [-0.4, -0.2) is 111 Å². The SMILES string of the molecule is CN(c1nc(OCC23CCCN2CCC3)nc2c(F)c(-c3cccc4ccc(F)c(C#[C][Tl]=[P+]=S)c34)ncc12)[C@@H]1CCN(C(=O)OC(C)(C)C)C1. The van der Waals surface area contributed by atoms with Gasteiger partial charge in [0.25, 0.3) is 0 Å². The summed E-state index contributed by atoms with van der Waals surface area (Å²) in [6, 6.07) is 8.43. The van der Waals surface area contributed by atoms with Crippen LogP contribution in [0.25, 0.3) is 32.9 Å². The molecule has 3 aliphatic rings. The first-order valence-corrected chi connectivity index (χ1v) is 27.5. The number of amides is 1. The van der Waals surface area contributed by atoms with Gasteiger partial charge >= 0.3 is 206 Å². The molecule has 0 N–H and O–H groups in total. The van der Waals surface area contributed by atoms with Gasteiger partial charge in [0, 0.05) is 13.1 Å². The van der Waals surface area contributed by atoms with E-state index in [1.807, 2.05) is 38.8 Å². The molecular formula is C37H39F2N6O3PSTl+. The predicted octanol–water partition coefficient (Wildman–Crippen LogP) is 6.91. The molecule has 51 heavy (non-hydrogen) atoms. The molecule has 3 aliphatic heterocycles. The summed E-state index contributed by atoms with van der Waals surface area (Å²) in [6.45, 7) is 8.98. The second-order valence-corrected chi connectivity index (χ2v) is 27.1. The summed E-state index contributed by atoms with van der Waals surface area (Å²) < 4.78 is 48.4. The number of likely N-dealkylation sites (tertiary alicyclic amines) is 1. The number of pyridine rings is 1. The molecule has 4 aromatic rings. The van der Waals surface area contributed by atoms with E-state index in [-0.39, 0.29) is 40.5 Å². The Bertz CT molecular complexity index is 2140. The first kappa shape index (κ1) is 36.4. The van der Waals surface area contributed by atoms with E-state index in [2.05, 4.69) is 24.3 Å². The number of benzene rings is 2. The van der Waals surface area contributed by atoms with Gasteiger partial charge in [-0.15, -0.1) is 0 Å².